The highest BCUT2D eigenvalue weighted by molar-refractivity contribution is 6.32. The van der Waals surface area contributed by atoms with E-state index >= 15 is 0 Å². The van der Waals surface area contributed by atoms with E-state index in [-0.39, 0.29) is 81.5 Å². The van der Waals surface area contributed by atoms with Gasteiger partial charge in [-0.3, -0.25) is 0 Å². The van der Waals surface area contributed by atoms with E-state index in [1.54, 1.807) is 72.8 Å². The molecule has 0 unspecified atom stereocenters. The van der Waals surface area contributed by atoms with Crippen molar-refractivity contribution in [2.24, 2.45) is 0 Å². The van der Waals surface area contributed by atoms with Gasteiger partial charge in [0, 0.05) is 32.3 Å². The molecule has 480 valence electrons. The summed E-state index contributed by atoms with van der Waals surface area (Å²) in [5, 5.41) is 76.7. The Hall–Kier alpha value is -6.96. The fraction of sp³-hybridized carbons (Fsp3) is 0.333. The zero-order chi connectivity index (χ0) is 67.4. The van der Waals surface area contributed by atoms with Gasteiger partial charge < -0.3 is 40.9 Å². The first-order valence-corrected chi connectivity index (χ1v) is 30.3. The van der Waals surface area contributed by atoms with E-state index in [1.165, 1.54) is 48.5 Å². The van der Waals surface area contributed by atoms with Gasteiger partial charge in [-0.15, -0.1) is 0 Å². The molecule has 0 aromatic heterocycles. The number of aromatic hydroxyl groups is 8. The zero-order valence-electron chi connectivity index (χ0n) is 53.1. The third kappa shape index (κ3) is 27.2. The van der Waals surface area contributed by atoms with Crippen LogP contribution in [0.5, 0.6) is 46.0 Å². The molecular formula is C72H88Cl4F4O8. The Morgan fingerprint density at radius 1 is 0.261 bits per heavy atom. The number of rotatable bonds is 8. The molecule has 0 saturated carbocycles. The van der Waals surface area contributed by atoms with E-state index in [1.807, 2.05) is 129 Å². The van der Waals surface area contributed by atoms with E-state index in [0.717, 1.165) is 33.9 Å². The lowest BCUT2D eigenvalue weighted by Crippen LogP contribution is -1.92. The molecule has 0 saturated heterocycles. The van der Waals surface area contributed by atoms with Crippen molar-refractivity contribution in [1.82, 2.24) is 0 Å². The number of benzene rings is 8. The molecular weight excluding hydrogens is 1210 g/mol. The molecule has 8 nitrogen and oxygen atoms in total. The van der Waals surface area contributed by atoms with Crippen LogP contribution in [0.1, 0.15) is 203 Å². The number of hydrogen-bond donors (Lipinski definition) is 8. The molecule has 0 bridgehead atoms. The van der Waals surface area contributed by atoms with E-state index in [4.69, 9.17) is 46.4 Å². The van der Waals surface area contributed by atoms with E-state index in [2.05, 4.69) is 0 Å². The summed E-state index contributed by atoms with van der Waals surface area (Å²) in [7, 11) is 0. The summed E-state index contributed by atoms with van der Waals surface area (Å²) in [6.07, 6.45) is 0. The summed E-state index contributed by atoms with van der Waals surface area (Å²) in [6, 6.07) is 37.9. The summed E-state index contributed by atoms with van der Waals surface area (Å²) in [5.74, 6) is 1.37. The van der Waals surface area contributed by atoms with E-state index < -0.39 is 11.6 Å². The molecule has 8 rings (SSSR count). The molecule has 0 aliphatic carbocycles. The Labute approximate surface area is 539 Å². The maximum Gasteiger partial charge on any atom is 0.165 e. The molecule has 0 radical (unpaired) electrons. The van der Waals surface area contributed by atoms with Crippen LogP contribution in [-0.2, 0) is 0 Å². The van der Waals surface area contributed by atoms with Gasteiger partial charge in [0.2, 0.25) is 0 Å². The van der Waals surface area contributed by atoms with Crippen molar-refractivity contribution in [2.45, 2.75) is 158 Å². The van der Waals surface area contributed by atoms with Crippen LogP contribution in [-0.4, -0.2) is 40.9 Å². The predicted octanol–water partition coefficient (Wildman–Crippen LogP) is 23.3. The SMILES string of the molecule is CC(C)c1c(O)cccc1Cl.CC(C)c1c(O)cccc1F.CC(C)c1cc(Cl)ccc1O.CC(C)c1cc(F)ccc1O.CC(C)c1ccc(Cl)cc1O.CC(C)c1ccc(F)cc1O.CC(C)c1cccc(Cl)c1O.CC(C)c1cccc(F)c1O. The number of phenolic OH excluding ortho intramolecular Hbond substituents is 8. The van der Waals surface area contributed by atoms with Crippen molar-refractivity contribution in [1.29, 1.82) is 0 Å². The topological polar surface area (TPSA) is 162 Å². The molecule has 0 atom stereocenters. The second-order valence-corrected chi connectivity index (χ2v) is 24.4. The molecule has 0 fully saturated rings. The van der Waals surface area contributed by atoms with Gasteiger partial charge in [0.05, 0.1) is 5.02 Å². The fourth-order valence-electron chi connectivity index (χ4n) is 8.18. The smallest absolute Gasteiger partial charge is 0.165 e. The summed E-state index contributed by atoms with van der Waals surface area (Å²) in [6.45, 7) is 31.4. The van der Waals surface area contributed by atoms with Gasteiger partial charge in [-0.25, -0.2) is 17.6 Å². The second-order valence-electron chi connectivity index (χ2n) is 22.8. The summed E-state index contributed by atoms with van der Waals surface area (Å²) in [4.78, 5) is 0. The van der Waals surface area contributed by atoms with Crippen LogP contribution < -0.4 is 0 Å². The Morgan fingerprint density at radius 2 is 0.614 bits per heavy atom. The zero-order valence-corrected chi connectivity index (χ0v) is 56.1. The van der Waals surface area contributed by atoms with Gasteiger partial charge in [-0.05, 0) is 172 Å². The lowest BCUT2D eigenvalue weighted by molar-refractivity contribution is 0.423. The van der Waals surface area contributed by atoms with E-state index in [9.17, 15) is 58.4 Å². The molecule has 88 heavy (non-hydrogen) atoms. The van der Waals surface area contributed by atoms with Crippen molar-refractivity contribution in [3.05, 3.63) is 233 Å². The van der Waals surface area contributed by atoms with Crippen molar-refractivity contribution in [2.75, 3.05) is 0 Å². The van der Waals surface area contributed by atoms with Gasteiger partial charge in [0.1, 0.15) is 57.7 Å². The van der Waals surface area contributed by atoms with E-state index in [0.29, 0.717) is 60.3 Å². The molecule has 8 aromatic rings. The van der Waals surface area contributed by atoms with Crippen LogP contribution in [0, 0.1) is 23.3 Å². The van der Waals surface area contributed by atoms with Gasteiger partial charge in [-0.1, -0.05) is 206 Å². The third-order valence-electron chi connectivity index (χ3n) is 12.9. The van der Waals surface area contributed by atoms with Gasteiger partial charge in [0.15, 0.2) is 11.6 Å². The van der Waals surface area contributed by atoms with Gasteiger partial charge in [-0.2, -0.15) is 0 Å². The highest BCUT2D eigenvalue weighted by Gasteiger charge is 2.13. The Balaban J connectivity index is 0.000000503. The number of halogens is 8. The van der Waals surface area contributed by atoms with Crippen LogP contribution in [0.25, 0.3) is 0 Å². The van der Waals surface area contributed by atoms with Crippen LogP contribution >= 0.6 is 46.4 Å². The minimum Gasteiger partial charge on any atom is -0.508 e. The molecule has 0 aliphatic heterocycles. The summed E-state index contributed by atoms with van der Waals surface area (Å²) in [5.41, 5.74) is 6.06. The van der Waals surface area contributed by atoms with Crippen molar-refractivity contribution >= 4 is 46.4 Å². The quantitative estimate of drug-likeness (QED) is 0.0698. The van der Waals surface area contributed by atoms with Crippen molar-refractivity contribution in [3.63, 3.8) is 0 Å². The van der Waals surface area contributed by atoms with Gasteiger partial charge >= 0.3 is 0 Å². The number of para-hydroxylation sites is 2. The van der Waals surface area contributed by atoms with Crippen LogP contribution in [0.4, 0.5) is 17.6 Å². The highest BCUT2D eigenvalue weighted by atomic mass is 35.5. The lowest BCUT2D eigenvalue weighted by atomic mass is 10.0. The Morgan fingerprint density at radius 3 is 1.00 bits per heavy atom. The molecule has 16 heteroatoms. The average Bonchev–Trinajstić information content (AvgIpc) is 3.56. The summed E-state index contributed by atoms with van der Waals surface area (Å²) >= 11 is 23.0. The summed E-state index contributed by atoms with van der Waals surface area (Å²) < 4.78 is 50.7. The van der Waals surface area contributed by atoms with Crippen LogP contribution in [0.2, 0.25) is 20.1 Å². The second kappa shape index (κ2) is 39.1. The van der Waals surface area contributed by atoms with Crippen LogP contribution in [0.15, 0.2) is 146 Å². The largest absolute Gasteiger partial charge is 0.508 e. The normalized spacial score (nSPS) is 10.5. The first kappa shape index (κ1) is 79.1. The molecule has 8 N–H and O–H groups in total. The lowest BCUT2D eigenvalue weighted by Gasteiger charge is -2.09. The minimum absolute atomic E-state index is 0.0243. The standard InChI is InChI=1S/4C9H11ClO.4C9H11FO/c1-6(2)8-5-7(10)3-4-9(8)11;1-6(2)8-4-3-7(10)5-9(8)11;1-6(2)9-7(10)4-3-5-8(9)11;1-6(2)7-4-3-5-8(10)9(7)11;1-6(2)8-5-7(10)3-4-9(8)11;1-6(2)8-4-3-7(10)5-9(8)11;1-6(2)9-7(10)4-3-5-8(9)11;1-6(2)7-4-3-5-8(10)9(7)11/h8*3-6,11H,1-2H3. The predicted molar refractivity (Wildman–Crippen MR) is 357 cm³/mol. The fourth-order valence-corrected chi connectivity index (χ4v) is 9.09. The van der Waals surface area contributed by atoms with Crippen molar-refractivity contribution in [3.8, 4) is 46.0 Å². The maximum absolute atomic E-state index is 12.9. The van der Waals surface area contributed by atoms with Crippen molar-refractivity contribution < 1.29 is 58.4 Å². The molecule has 0 spiro atoms. The highest BCUT2D eigenvalue weighted by Crippen LogP contribution is 2.35. The minimum atomic E-state index is -0.545. The van der Waals surface area contributed by atoms with Gasteiger partial charge in [0.25, 0.3) is 0 Å². The molecule has 0 amide bonds. The monoisotopic (exact) mass is 1300 g/mol. The number of phenols is 8. The first-order chi connectivity index (χ1) is 40.9. The maximum atomic E-state index is 12.9. The van der Waals surface area contributed by atoms with Crippen LogP contribution in [0.3, 0.4) is 0 Å². The molecule has 8 aromatic carbocycles. The Kier molecular flexibility index (Phi) is 35.2. The average molecular weight is 1300 g/mol. The molecule has 0 aliphatic rings. The molecule has 0 heterocycles. The number of hydrogen-bond acceptors (Lipinski definition) is 8. The third-order valence-corrected chi connectivity index (χ3v) is 14.1. The Bertz CT molecular complexity index is 3110. The first-order valence-electron chi connectivity index (χ1n) is 28.8.